The van der Waals surface area contributed by atoms with Gasteiger partial charge in [0.1, 0.15) is 17.1 Å². The number of aryl methyl sites for hydroxylation is 4. The maximum Gasteiger partial charge on any atom is 0.259 e. The van der Waals surface area contributed by atoms with Crippen molar-refractivity contribution in [1.82, 2.24) is 10.1 Å². The van der Waals surface area contributed by atoms with Crippen LogP contribution in [-0.2, 0) is 6.54 Å². The van der Waals surface area contributed by atoms with Crippen LogP contribution in [0.15, 0.2) is 16.7 Å². The van der Waals surface area contributed by atoms with Crippen molar-refractivity contribution < 1.29 is 14.1 Å². The van der Waals surface area contributed by atoms with Crippen LogP contribution in [0, 0.1) is 27.7 Å². The first-order chi connectivity index (χ1) is 10.3. The van der Waals surface area contributed by atoms with Crippen LogP contribution < -0.4 is 4.74 Å². The van der Waals surface area contributed by atoms with Gasteiger partial charge in [-0.1, -0.05) is 17.3 Å². The molecule has 5 heteroatoms. The fourth-order valence-corrected chi connectivity index (χ4v) is 2.78. The summed E-state index contributed by atoms with van der Waals surface area (Å²) in [5.74, 6) is 1.36. The van der Waals surface area contributed by atoms with Gasteiger partial charge in [-0.2, -0.15) is 0 Å². The highest BCUT2D eigenvalue weighted by Crippen LogP contribution is 2.25. The number of ether oxygens (including phenoxy) is 1. The van der Waals surface area contributed by atoms with Crippen LogP contribution in [-0.4, -0.2) is 30.1 Å². The number of carbonyl (C=O) groups is 1. The van der Waals surface area contributed by atoms with Gasteiger partial charge in [0.2, 0.25) is 0 Å². The third-order valence-electron chi connectivity index (χ3n) is 3.74. The van der Waals surface area contributed by atoms with E-state index in [4.69, 9.17) is 9.26 Å². The Bertz CT molecular complexity index is 661. The third kappa shape index (κ3) is 2.98. The average molecular weight is 302 g/mol. The van der Waals surface area contributed by atoms with Gasteiger partial charge in [0.25, 0.3) is 5.91 Å². The lowest BCUT2D eigenvalue weighted by atomic mass is 10.0. The normalized spacial score (nSPS) is 10.6. The van der Waals surface area contributed by atoms with E-state index in [1.165, 1.54) is 0 Å². The molecule has 0 fully saturated rings. The Hall–Kier alpha value is -2.30. The van der Waals surface area contributed by atoms with Crippen molar-refractivity contribution in [1.29, 1.82) is 0 Å². The third-order valence-corrected chi connectivity index (χ3v) is 3.74. The fraction of sp³-hybridized carbons (Fsp3) is 0.412. The Labute approximate surface area is 130 Å². The van der Waals surface area contributed by atoms with Crippen molar-refractivity contribution in [3.05, 3.63) is 45.8 Å². The molecule has 0 saturated carbocycles. The van der Waals surface area contributed by atoms with Gasteiger partial charge >= 0.3 is 0 Å². The van der Waals surface area contributed by atoms with E-state index in [-0.39, 0.29) is 5.91 Å². The number of methoxy groups -OCH3 is 1. The molecule has 0 aliphatic heterocycles. The van der Waals surface area contributed by atoms with E-state index in [1.54, 1.807) is 32.9 Å². The number of benzene rings is 1. The Morgan fingerprint density at radius 2 is 1.82 bits per heavy atom. The molecule has 0 aliphatic rings. The molecule has 1 amide bonds. The average Bonchev–Trinajstić information content (AvgIpc) is 2.77. The van der Waals surface area contributed by atoms with Gasteiger partial charge in [0, 0.05) is 13.6 Å². The minimum atomic E-state index is -0.0811. The number of amides is 1. The standard InChI is InChI=1S/C17H22N2O3/c1-10-7-14(8-11(2)16(10)21-6)9-19(5)17(20)15-12(3)18-22-13(15)4/h7-8H,9H2,1-6H3. The Kier molecular flexibility index (Phi) is 4.54. The van der Waals surface area contributed by atoms with Crippen LogP contribution >= 0.6 is 0 Å². The SMILES string of the molecule is COc1c(C)cc(CN(C)C(=O)c2c(C)noc2C)cc1C. The molecular formula is C17H22N2O3. The molecule has 22 heavy (non-hydrogen) atoms. The molecule has 0 bridgehead atoms. The van der Waals surface area contributed by atoms with Crippen molar-refractivity contribution in [3.63, 3.8) is 0 Å². The molecule has 1 aromatic carbocycles. The summed E-state index contributed by atoms with van der Waals surface area (Å²) in [7, 11) is 3.45. The molecule has 2 rings (SSSR count). The summed E-state index contributed by atoms with van der Waals surface area (Å²) in [4.78, 5) is 14.2. The lowest BCUT2D eigenvalue weighted by Gasteiger charge is -2.19. The zero-order chi connectivity index (χ0) is 16.4. The minimum absolute atomic E-state index is 0.0811. The number of nitrogens with zero attached hydrogens (tertiary/aromatic N) is 2. The lowest BCUT2D eigenvalue weighted by Crippen LogP contribution is -2.27. The van der Waals surface area contributed by atoms with E-state index in [9.17, 15) is 4.79 Å². The van der Waals surface area contributed by atoms with E-state index < -0.39 is 0 Å². The Morgan fingerprint density at radius 1 is 1.23 bits per heavy atom. The van der Waals surface area contributed by atoms with Crippen LogP contribution in [0.5, 0.6) is 5.75 Å². The quantitative estimate of drug-likeness (QED) is 0.870. The first-order valence-electron chi connectivity index (χ1n) is 7.17. The zero-order valence-corrected chi connectivity index (χ0v) is 14.0. The van der Waals surface area contributed by atoms with Gasteiger partial charge in [-0.25, -0.2) is 0 Å². The molecular weight excluding hydrogens is 280 g/mol. The van der Waals surface area contributed by atoms with E-state index in [0.717, 1.165) is 22.4 Å². The van der Waals surface area contributed by atoms with Crippen molar-refractivity contribution in [2.45, 2.75) is 34.2 Å². The van der Waals surface area contributed by atoms with Gasteiger partial charge in [-0.05, 0) is 44.4 Å². The second kappa shape index (κ2) is 6.22. The summed E-state index contributed by atoms with van der Waals surface area (Å²) in [5, 5.41) is 3.84. The largest absolute Gasteiger partial charge is 0.496 e. The summed E-state index contributed by atoms with van der Waals surface area (Å²) in [6, 6.07) is 4.09. The van der Waals surface area contributed by atoms with Gasteiger partial charge in [-0.3, -0.25) is 4.79 Å². The van der Waals surface area contributed by atoms with E-state index in [1.807, 2.05) is 26.0 Å². The van der Waals surface area contributed by atoms with E-state index >= 15 is 0 Å². The maximum atomic E-state index is 12.5. The summed E-state index contributed by atoms with van der Waals surface area (Å²) >= 11 is 0. The monoisotopic (exact) mass is 302 g/mol. The molecule has 0 saturated heterocycles. The van der Waals surface area contributed by atoms with Gasteiger partial charge in [0.05, 0.1) is 12.8 Å². The van der Waals surface area contributed by atoms with Crippen molar-refractivity contribution in [3.8, 4) is 5.75 Å². The van der Waals surface area contributed by atoms with Gasteiger partial charge in [-0.15, -0.1) is 0 Å². The smallest absolute Gasteiger partial charge is 0.259 e. The van der Waals surface area contributed by atoms with Crippen LogP contribution in [0.4, 0.5) is 0 Å². The van der Waals surface area contributed by atoms with Gasteiger partial charge in [0.15, 0.2) is 0 Å². The van der Waals surface area contributed by atoms with E-state index in [0.29, 0.717) is 23.6 Å². The predicted molar refractivity (Wildman–Crippen MR) is 84.2 cm³/mol. The van der Waals surface area contributed by atoms with Crippen molar-refractivity contribution in [2.24, 2.45) is 0 Å². The Morgan fingerprint density at radius 3 is 2.27 bits per heavy atom. The molecule has 0 unspecified atom stereocenters. The van der Waals surface area contributed by atoms with Crippen molar-refractivity contribution >= 4 is 5.91 Å². The second-order valence-electron chi connectivity index (χ2n) is 5.62. The summed E-state index contributed by atoms with van der Waals surface area (Å²) in [6.07, 6.45) is 0. The van der Waals surface area contributed by atoms with Crippen LogP contribution in [0.2, 0.25) is 0 Å². The van der Waals surface area contributed by atoms with Crippen LogP contribution in [0.3, 0.4) is 0 Å². The molecule has 0 N–H and O–H groups in total. The highest BCUT2D eigenvalue weighted by molar-refractivity contribution is 5.95. The molecule has 1 aromatic heterocycles. The fourth-order valence-electron chi connectivity index (χ4n) is 2.78. The first kappa shape index (κ1) is 16.1. The molecule has 0 spiro atoms. The Balaban J connectivity index is 2.22. The molecule has 5 nitrogen and oxygen atoms in total. The predicted octanol–water partition coefficient (Wildman–Crippen LogP) is 3.19. The molecule has 0 radical (unpaired) electrons. The van der Waals surface area contributed by atoms with Crippen LogP contribution in [0.1, 0.15) is 38.5 Å². The van der Waals surface area contributed by atoms with Gasteiger partial charge < -0.3 is 14.2 Å². The summed E-state index contributed by atoms with van der Waals surface area (Å²) in [5.41, 5.74) is 4.37. The number of aromatic nitrogens is 1. The molecule has 2 aromatic rings. The first-order valence-corrected chi connectivity index (χ1v) is 7.17. The van der Waals surface area contributed by atoms with Crippen LogP contribution in [0.25, 0.3) is 0 Å². The highest BCUT2D eigenvalue weighted by Gasteiger charge is 2.21. The number of hydrogen-bond acceptors (Lipinski definition) is 4. The molecule has 1 heterocycles. The lowest BCUT2D eigenvalue weighted by molar-refractivity contribution is 0.0782. The number of carbonyl (C=O) groups excluding carboxylic acids is 1. The summed E-state index contributed by atoms with van der Waals surface area (Å²) in [6.45, 7) is 8.06. The zero-order valence-electron chi connectivity index (χ0n) is 14.0. The molecule has 0 atom stereocenters. The number of hydrogen-bond donors (Lipinski definition) is 0. The maximum absolute atomic E-state index is 12.5. The van der Waals surface area contributed by atoms with Crippen molar-refractivity contribution in [2.75, 3.05) is 14.2 Å². The molecule has 118 valence electrons. The second-order valence-corrected chi connectivity index (χ2v) is 5.62. The minimum Gasteiger partial charge on any atom is -0.496 e. The summed E-state index contributed by atoms with van der Waals surface area (Å²) < 4.78 is 10.4. The topological polar surface area (TPSA) is 55.6 Å². The molecule has 0 aliphatic carbocycles. The number of rotatable bonds is 4. The highest BCUT2D eigenvalue weighted by atomic mass is 16.5. The van der Waals surface area contributed by atoms with E-state index in [2.05, 4.69) is 5.16 Å².